The van der Waals surface area contributed by atoms with Crippen molar-refractivity contribution in [2.75, 3.05) is 7.11 Å². The zero-order valence-corrected chi connectivity index (χ0v) is 9.11. The van der Waals surface area contributed by atoms with Crippen LogP contribution in [0, 0.1) is 6.92 Å². The zero-order chi connectivity index (χ0) is 14.1. The first kappa shape index (κ1) is 14.4. The molecular weight excluding hydrogens is 268 g/mol. The summed E-state index contributed by atoms with van der Waals surface area (Å²) in [6, 6.07) is 0.172. The van der Waals surface area contributed by atoms with Crippen LogP contribution in [0.15, 0.2) is 6.07 Å². The lowest BCUT2D eigenvalue weighted by Crippen LogP contribution is -2.19. The Morgan fingerprint density at radius 3 is 2.06 bits per heavy atom. The maximum absolute atomic E-state index is 12.6. The molecule has 0 bridgehead atoms. The van der Waals surface area contributed by atoms with Crippen LogP contribution < -0.4 is 9.47 Å². The maximum atomic E-state index is 12.6. The van der Waals surface area contributed by atoms with E-state index < -0.39 is 35.4 Å². The fourth-order valence-electron chi connectivity index (χ4n) is 1.23. The Morgan fingerprint density at radius 2 is 1.67 bits per heavy atom. The van der Waals surface area contributed by atoms with Crippen molar-refractivity contribution in [3.05, 3.63) is 17.2 Å². The van der Waals surface area contributed by atoms with E-state index in [-0.39, 0.29) is 6.07 Å². The molecule has 0 spiro atoms. The van der Waals surface area contributed by atoms with Crippen LogP contribution in [0.3, 0.4) is 0 Å². The van der Waals surface area contributed by atoms with Gasteiger partial charge in [0.2, 0.25) is 11.8 Å². The lowest BCUT2D eigenvalue weighted by atomic mass is 10.1. The van der Waals surface area contributed by atoms with Crippen molar-refractivity contribution in [1.82, 2.24) is 4.98 Å². The van der Waals surface area contributed by atoms with E-state index in [1.807, 2.05) is 0 Å². The molecule has 1 aromatic heterocycles. The van der Waals surface area contributed by atoms with E-state index in [0.717, 1.165) is 14.0 Å². The van der Waals surface area contributed by atoms with Crippen LogP contribution >= 0.6 is 0 Å². The Balaban J connectivity index is 3.31. The van der Waals surface area contributed by atoms with Gasteiger partial charge in [-0.3, -0.25) is 0 Å². The lowest BCUT2D eigenvalue weighted by Gasteiger charge is -2.15. The molecule has 0 aliphatic heterocycles. The maximum Gasteiger partial charge on any atom is 0.574 e. The minimum absolute atomic E-state index is 0.172. The van der Waals surface area contributed by atoms with Crippen molar-refractivity contribution in [1.29, 1.82) is 0 Å². The van der Waals surface area contributed by atoms with E-state index in [0.29, 0.717) is 0 Å². The molecule has 0 aliphatic carbocycles. The third-order valence-electron chi connectivity index (χ3n) is 1.92. The van der Waals surface area contributed by atoms with Crippen molar-refractivity contribution in [3.63, 3.8) is 0 Å². The van der Waals surface area contributed by atoms with Crippen LogP contribution in [0.5, 0.6) is 11.8 Å². The van der Waals surface area contributed by atoms with Gasteiger partial charge < -0.3 is 9.47 Å². The number of aromatic nitrogens is 1. The smallest absolute Gasteiger partial charge is 0.481 e. The molecule has 0 saturated carbocycles. The zero-order valence-electron chi connectivity index (χ0n) is 9.11. The van der Waals surface area contributed by atoms with Gasteiger partial charge in [-0.1, -0.05) is 0 Å². The second-order valence-electron chi connectivity index (χ2n) is 3.19. The molecule has 1 rings (SSSR count). The van der Waals surface area contributed by atoms with E-state index >= 15 is 0 Å². The minimum Gasteiger partial charge on any atom is -0.481 e. The minimum atomic E-state index is -5.13. The molecule has 1 heterocycles. The lowest BCUT2D eigenvalue weighted by molar-refractivity contribution is -0.276. The molecule has 0 radical (unpaired) electrons. The molecule has 0 amide bonds. The number of ether oxygens (including phenoxy) is 2. The highest BCUT2D eigenvalue weighted by molar-refractivity contribution is 5.39. The number of alkyl halides is 6. The molecule has 0 aromatic carbocycles. The SMILES string of the molecule is COc1nc(OC(F)(F)F)cc(C(F)(F)F)c1C. The first-order chi connectivity index (χ1) is 8.04. The molecule has 0 saturated heterocycles. The van der Waals surface area contributed by atoms with Gasteiger partial charge in [-0.25, -0.2) is 0 Å². The summed E-state index contributed by atoms with van der Waals surface area (Å²) < 4.78 is 81.3. The standard InChI is InChI=1S/C9H7F6NO2/c1-4-5(8(10,11)12)3-6(16-7(4)17-2)18-9(13,14)15/h3H,1-2H3. The van der Waals surface area contributed by atoms with E-state index in [1.54, 1.807) is 0 Å². The highest BCUT2D eigenvalue weighted by Crippen LogP contribution is 2.37. The second-order valence-corrected chi connectivity index (χ2v) is 3.19. The average Bonchev–Trinajstić information content (AvgIpc) is 2.16. The summed E-state index contributed by atoms with van der Waals surface area (Å²) in [5.41, 5.74) is -1.71. The van der Waals surface area contributed by atoms with Gasteiger partial charge in [-0.2, -0.15) is 18.2 Å². The van der Waals surface area contributed by atoms with E-state index in [4.69, 9.17) is 0 Å². The molecule has 1 aromatic rings. The van der Waals surface area contributed by atoms with Crippen LogP contribution in [-0.4, -0.2) is 18.5 Å². The number of pyridine rings is 1. The normalized spacial score (nSPS) is 12.4. The predicted octanol–water partition coefficient (Wildman–Crippen LogP) is 3.32. The summed E-state index contributed by atoms with van der Waals surface area (Å²) in [6.45, 7) is 1.03. The van der Waals surface area contributed by atoms with Crippen LogP contribution in [0.2, 0.25) is 0 Å². The topological polar surface area (TPSA) is 31.4 Å². The highest BCUT2D eigenvalue weighted by atomic mass is 19.4. The van der Waals surface area contributed by atoms with Gasteiger partial charge in [0, 0.05) is 11.6 Å². The monoisotopic (exact) mass is 275 g/mol. The van der Waals surface area contributed by atoms with Gasteiger partial charge >= 0.3 is 12.5 Å². The third-order valence-corrected chi connectivity index (χ3v) is 1.92. The van der Waals surface area contributed by atoms with Gasteiger partial charge in [-0.15, -0.1) is 13.2 Å². The van der Waals surface area contributed by atoms with Gasteiger partial charge in [0.15, 0.2) is 0 Å². The van der Waals surface area contributed by atoms with Gasteiger partial charge in [0.1, 0.15) is 0 Å². The van der Waals surface area contributed by atoms with E-state index in [2.05, 4.69) is 14.5 Å². The molecule has 0 N–H and O–H groups in total. The fraction of sp³-hybridized carbons (Fsp3) is 0.444. The molecule has 18 heavy (non-hydrogen) atoms. The largest absolute Gasteiger partial charge is 0.574 e. The van der Waals surface area contributed by atoms with E-state index in [1.165, 1.54) is 0 Å². The summed E-state index contributed by atoms with van der Waals surface area (Å²) in [5, 5.41) is 0. The molecule has 0 aliphatic rings. The number of hydrogen-bond acceptors (Lipinski definition) is 3. The molecule has 9 heteroatoms. The Labute approximate surface area is 97.3 Å². The van der Waals surface area contributed by atoms with Crippen molar-refractivity contribution in [3.8, 4) is 11.8 Å². The molecular formula is C9H7F6NO2. The van der Waals surface area contributed by atoms with Crippen molar-refractivity contribution in [2.24, 2.45) is 0 Å². The Bertz CT molecular complexity index is 440. The van der Waals surface area contributed by atoms with Gasteiger partial charge in [0.25, 0.3) is 0 Å². The second kappa shape index (κ2) is 4.54. The molecule has 102 valence electrons. The fourth-order valence-corrected chi connectivity index (χ4v) is 1.23. The number of halogens is 6. The first-order valence-electron chi connectivity index (χ1n) is 4.43. The average molecular weight is 275 g/mol. The quantitative estimate of drug-likeness (QED) is 0.776. The summed E-state index contributed by atoms with van der Waals surface area (Å²) >= 11 is 0. The van der Waals surface area contributed by atoms with Crippen LogP contribution in [0.1, 0.15) is 11.1 Å². The van der Waals surface area contributed by atoms with Gasteiger partial charge in [-0.05, 0) is 6.92 Å². The Morgan fingerprint density at radius 1 is 1.11 bits per heavy atom. The molecule has 0 fully saturated rings. The highest BCUT2D eigenvalue weighted by Gasteiger charge is 2.37. The number of methoxy groups -OCH3 is 1. The number of hydrogen-bond donors (Lipinski definition) is 0. The predicted molar refractivity (Wildman–Crippen MR) is 47.2 cm³/mol. The van der Waals surface area contributed by atoms with E-state index in [9.17, 15) is 26.3 Å². The Hall–Kier alpha value is -1.67. The molecule has 0 atom stereocenters. The Kier molecular flexibility index (Phi) is 3.63. The van der Waals surface area contributed by atoms with Crippen molar-refractivity contribution in [2.45, 2.75) is 19.5 Å². The first-order valence-corrected chi connectivity index (χ1v) is 4.43. The van der Waals surface area contributed by atoms with Crippen LogP contribution in [0.4, 0.5) is 26.3 Å². The summed E-state index contributed by atoms with van der Waals surface area (Å²) in [6.07, 6.45) is -9.96. The van der Waals surface area contributed by atoms with Crippen molar-refractivity contribution >= 4 is 0 Å². The van der Waals surface area contributed by atoms with Crippen LogP contribution in [-0.2, 0) is 6.18 Å². The number of nitrogens with zero attached hydrogens (tertiary/aromatic N) is 1. The summed E-state index contributed by atoms with van der Waals surface area (Å²) in [4.78, 5) is 3.19. The van der Waals surface area contributed by atoms with Gasteiger partial charge in [0.05, 0.1) is 12.7 Å². The van der Waals surface area contributed by atoms with Crippen LogP contribution in [0.25, 0.3) is 0 Å². The molecule has 0 unspecified atom stereocenters. The molecule has 3 nitrogen and oxygen atoms in total. The number of rotatable bonds is 2. The third kappa shape index (κ3) is 3.41. The summed E-state index contributed by atoms with van der Waals surface area (Å²) in [5.74, 6) is -1.80. The van der Waals surface area contributed by atoms with Crippen molar-refractivity contribution < 1.29 is 35.8 Å². The summed E-state index contributed by atoms with van der Waals surface area (Å²) in [7, 11) is 0.993.